The normalized spacial score (nSPS) is 10.8. The number of carbonyl (C=O) groups excluding carboxylic acids is 4. The average Bonchev–Trinajstić information content (AvgIpc) is 2.91. The van der Waals surface area contributed by atoms with Crippen molar-refractivity contribution in [2.75, 3.05) is 13.6 Å². The Labute approximate surface area is 205 Å². The van der Waals surface area contributed by atoms with Gasteiger partial charge in [-0.3, -0.25) is 0 Å². The first-order chi connectivity index (χ1) is 17.5. The van der Waals surface area contributed by atoms with Crippen molar-refractivity contribution in [2.24, 2.45) is 0 Å². The highest BCUT2D eigenvalue weighted by Crippen LogP contribution is 2.17. The number of fused-ring (bicyclic) bond motifs is 2. The van der Waals surface area contributed by atoms with E-state index in [1.54, 1.807) is 36.4 Å². The van der Waals surface area contributed by atoms with Crippen molar-refractivity contribution in [1.82, 2.24) is 0 Å². The molecule has 0 atom stereocenters. The van der Waals surface area contributed by atoms with Crippen LogP contribution in [-0.2, 0) is 28.5 Å². The predicted octanol–water partition coefficient (Wildman–Crippen LogP) is 4.56. The summed E-state index contributed by atoms with van der Waals surface area (Å²) in [5, 5.41) is 3.68. The van der Waals surface area contributed by atoms with Crippen LogP contribution in [0.2, 0.25) is 0 Å². The minimum absolute atomic E-state index is 0.308. The van der Waals surface area contributed by atoms with Gasteiger partial charge in [0, 0.05) is 12.2 Å². The third-order valence-corrected chi connectivity index (χ3v) is 5.11. The minimum Gasteiger partial charge on any atom is -0.425 e. The van der Waals surface area contributed by atoms with Gasteiger partial charge in [0.05, 0.1) is 11.1 Å². The molecular weight excluding hydrogens is 464 g/mol. The first-order valence-electron chi connectivity index (χ1n) is 10.8. The lowest BCUT2D eigenvalue weighted by Gasteiger charge is -2.06. The van der Waals surface area contributed by atoms with E-state index >= 15 is 0 Å². The summed E-state index contributed by atoms with van der Waals surface area (Å²) in [5.41, 5.74) is 0.615. The number of esters is 4. The molecule has 180 valence electrons. The van der Waals surface area contributed by atoms with Crippen molar-refractivity contribution in [1.29, 1.82) is 0 Å². The number of hydrogen-bond donors (Lipinski definition) is 0. The maximum absolute atomic E-state index is 12.1. The Morgan fingerprint density at radius 1 is 0.500 bits per heavy atom. The molecule has 0 spiro atoms. The van der Waals surface area contributed by atoms with Crippen molar-refractivity contribution < 1.29 is 38.1 Å². The molecule has 4 aromatic rings. The molecule has 0 heterocycles. The van der Waals surface area contributed by atoms with Crippen LogP contribution in [0.25, 0.3) is 21.5 Å². The first kappa shape index (κ1) is 24.2. The molecule has 8 nitrogen and oxygen atoms in total. The topological polar surface area (TPSA) is 105 Å². The Morgan fingerprint density at radius 3 is 1.31 bits per heavy atom. The maximum Gasteiger partial charge on any atom is 0.341 e. The molecule has 4 aromatic carbocycles. The molecule has 0 aliphatic heterocycles. The second-order valence-electron chi connectivity index (χ2n) is 7.48. The summed E-state index contributed by atoms with van der Waals surface area (Å²) >= 11 is 0. The van der Waals surface area contributed by atoms with E-state index in [1.807, 2.05) is 48.5 Å². The van der Waals surface area contributed by atoms with E-state index in [1.165, 1.54) is 0 Å². The molecule has 0 radical (unpaired) electrons. The number of ether oxygens (including phenoxy) is 4. The zero-order valence-electron chi connectivity index (χ0n) is 18.9. The van der Waals surface area contributed by atoms with Crippen molar-refractivity contribution >= 4 is 45.4 Å². The van der Waals surface area contributed by atoms with Gasteiger partial charge in [0.15, 0.2) is 0 Å². The lowest BCUT2D eigenvalue weighted by atomic mass is 10.1. The van der Waals surface area contributed by atoms with Crippen LogP contribution in [0, 0.1) is 0 Å². The second kappa shape index (κ2) is 11.4. The van der Waals surface area contributed by atoms with Crippen LogP contribution in [0.3, 0.4) is 0 Å². The highest BCUT2D eigenvalue weighted by molar-refractivity contribution is 5.96. The van der Waals surface area contributed by atoms with Crippen LogP contribution in [0.1, 0.15) is 20.7 Å². The molecule has 0 aliphatic carbocycles. The van der Waals surface area contributed by atoms with Crippen molar-refractivity contribution in [2.45, 2.75) is 0 Å². The second-order valence-corrected chi connectivity index (χ2v) is 7.48. The van der Waals surface area contributed by atoms with Crippen LogP contribution in [0.15, 0.2) is 97.1 Å². The van der Waals surface area contributed by atoms with Crippen LogP contribution in [0.4, 0.5) is 0 Å². The zero-order chi connectivity index (χ0) is 25.3. The largest absolute Gasteiger partial charge is 0.425 e. The lowest BCUT2D eigenvalue weighted by molar-refractivity contribution is -0.149. The third-order valence-electron chi connectivity index (χ3n) is 5.11. The molecule has 0 bridgehead atoms. The van der Waals surface area contributed by atoms with Gasteiger partial charge >= 0.3 is 23.9 Å². The Hall–Kier alpha value is -4.98. The number of carbonyl (C=O) groups is 4. The van der Waals surface area contributed by atoms with Crippen LogP contribution in [0.5, 0.6) is 0 Å². The van der Waals surface area contributed by atoms with E-state index in [9.17, 15) is 19.2 Å². The maximum atomic E-state index is 12.1. The van der Waals surface area contributed by atoms with Gasteiger partial charge in [-0.15, -0.1) is 0 Å². The third kappa shape index (κ3) is 6.32. The molecule has 8 heteroatoms. The van der Waals surface area contributed by atoms with Gasteiger partial charge in [-0.2, -0.15) is 0 Å². The smallest absolute Gasteiger partial charge is 0.341 e. The summed E-state index contributed by atoms with van der Waals surface area (Å²) < 4.78 is 19.3. The molecule has 0 fully saturated rings. The fraction of sp³-hybridized carbons (Fsp3) is 0.0714. The summed E-state index contributed by atoms with van der Waals surface area (Å²) in [6.07, 6.45) is 1.61. The molecule has 0 unspecified atom stereocenters. The molecule has 0 saturated heterocycles. The van der Waals surface area contributed by atoms with E-state index in [0.717, 1.165) is 33.7 Å². The Morgan fingerprint density at radius 2 is 0.889 bits per heavy atom. The van der Waals surface area contributed by atoms with E-state index in [-0.39, 0.29) is 0 Å². The Bertz CT molecular complexity index is 1360. The highest BCUT2D eigenvalue weighted by atomic mass is 16.7. The van der Waals surface area contributed by atoms with Gasteiger partial charge in [0.25, 0.3) is 0 Å². The predicted molar refractivity (Wildman–Crippen MR) is 130 cm³/mol. The molecule has 0 aromatic heterocycles. The molecule has 4 rings (SSSR count). The Kier molecular flexibility index (Phi) is 7.67. The fourth-order valence-electron chi connectivity index (χ4n) is 3.31. The molecule has 0 aliphatic rings. The van der Waals surface area contributed by atoms with Crippen molar-refractivity contribution in [3.8, 4) is 0 Å². The fourth-order valence-corrected chi connectivity index (χ4v) is 3.31. The van der Waals surface area contributed by atoms with E-state index < -0.39 is 37.5 Å². The number of benzene rings is 4. The first-order valence-corrected chi connectivity index (χ1v) is 10.8. The van der Waals surface area contributed by atoms with Gasteiger partial charge in [-0.25, -0.2) is 19.2 Å². The summed E-state index contributed by atoms with van der Waals surface area (Å²) in [7, 11) is 0. The van der Waals surface area contributed by atoms with Crippen LogP contribution in [-0.4, -0.2) is 37.5 Å². The van der Waals surface area contributed by atoms with Gasteiger partial charge in [-0.05, 0) is 45.8 Å². The van der Waals surface area contributed by atoms with Crippen LogP contribution >= 0.6 is 0 Å². The lowest BCUT2D eigenvalue weighted by Crippen LogP contribution is -2.13. The highest BCUT2D eigenvalue weighted by Gasteiger charge is 2.11. The van der Waals surface area contributed by atoms with Gasteiger partial charge in [0.1, 0.15) is 0 Å². The molecule has 0 amide bonds. The quantitative estimate of drug-likeness (QED) is 0.204. The standard InChI is InChI=1S/C28H20O8/c29-25(33-17-35-27(31)23-11-9-19-5-1-3-7-21(19)15-23)13-14-26(30)34-18-36-28(32)24-12-10-20-6-2-4-8-22(20)16-24/h1-16H,17-18H2/b14-13-. The minimum atomic E-state index is -0.925. The monoisotopic (exact) mass is 484 g/mol. The van der Waals surface area contributed by atoms with Gasteiger partial charge < -0.3 is 18.9 Å². The molecule has 0 saturated carbocycles. The van der Waals surface area contributed by atoms with E-state index in [0.29, 0.717) is 11.1 Å². The summed E-state index contributed by atoms with van der Waals surface area (Å²) in [4.78, 5) is 47.7. The molecular formula is C28H20O8. The van der Waals surface area contributed by atoms with E-state index in [2.05, 4.69) is 0 Å². The summed E-state index contributed by atoms with van der Waals surface area (Å²) in [5.74, 6) is -3.17. The molecule has 0 N–H and O–H groups in total. The van der Waals surface area contributed by atoms with Gasteiger partial charge in [-0.1, -0.05) is 60.7 Å². The summed E-state index contributed by atoms with van der Waals surface area (Å²) in [6.45, 7) is -1.26. The zero-order valence-corrected chi connectivity index (χ0v) is 18.9. The SMILES string of the molecule is O=C(/C=C\C(=O)OCOC(=O)c1ccc2ccccc2c1)OCOC(=O)c1ccc2ccccc2c1. The molecule has 36 heavy (non-hydrogen) atoms. The number of hydrogen-bond acceptors (Lipinski definition) is 8. The van der Waals surface area contributed by atoms with Crippen LogP contribution < -0.4 is 0 Å². The summed E-state index contributed by atoms with van der Waals surface area (Å²) in [6, 6.07) is 25.2. The van der Waals surface area contributed by atoms with E-state index in [4.69, 9.17) is 18.9 Å². The van der Waals surface area contributed by atoms with Gasteiger partial charge in [0.2, 0.25) is 13.6 Å². The van der Waals surface area contributed by atoms with Crippen molar-refractivity contribution in [3.63, 3.8) is 0 Å². The van der Waals surface area contributed by atoms with Crippen molar-refractivity contribution in [3.05, 3.63) is 108 Å². The average molecular weight is 484 g/mol. The number of rotatable bonds is 8. The Balaban J connectivity index is 1.16.